The van der Waals surface area contributed by atoms with Crippen molar-refractivity contribution in [3.05, 3.63) is 36.5 Å². The highest BCUT2D eigenvalue weighted by molar-refractivity contribution is 7.89. The van der Waals surface area contributed by atoms with Crippen LogP contribution in [0.4, 0.5) is 0 Å². The average molecular weight is 359 g/mol. The van der Waals surface area contributed by atoms with Gasteiger partial charge in [-0.1, -0.05) is 24.6 Å². The first kappa shape index (κ1) is 16.9. The Morgan fingerprint density at radius 2 is 1.64 bits per heavy atom. The number of rotatable bonds is 3. The molecule has 1 aromatic heterocycles. The fourth-order valence-electron chi connectivity index (χ4n) is 4.15. The van der Waals surface area contributed by atoms with Crippen molar-refractivity contribution in [3.63, 3.8) is 0 Å². The van der Waals surface area contributed by atoms with Crippen LogP contribution in [0.3, 0.4) is 0 Å². The van der Waals surface area contributed by atoms with Gasteiger partial charge in [-0.25, -0.2) is 8.42 Å². The largest absolute Gasteiger partial charge is 0.300 e. The number of hydrogen-bond acceptors (Lipinski definition) is 4. The zero-order valence-corrected chi connectivity index (χ0v) is 15.3. The van der Waals surface area contributed by atoms with Gasteiger partial charge in [0.25, 0.3) is 0 Å². The predicted molar refractivity (Wildman–Crippen MR) is 98.9 cm³/mol. The maximum Gasteiger partial charge on any atom is 0.245 e. The number of nitrogens with zero attached hydrogens (tertiary/aromatic N) is 3. The predicted octanol–water partition coefficient (Wildman–Crippen LogP) is 2.87. The maximum absolute atomic E-state index is 13.2. The van der Waals surface area contributed by atoms with Gasteiger partial charge >= 0.3 is 0 Å². The summed E-state index contributed by atoms with van der Waals surface area (Å²) >= 11 is 0. The molecule has 3 heterocycles. The fraction of sp³-hybridized carbons (Fsp3) is 0.526. The van der Waals surface area contributed by atoms with Gasteiger partial charge in [-0.15, -0.1) is 0 Å². The normalized spacial score (nSPS) is 21.6. The molecule has 2 fully saturated rings. The Hall–Kier alpha value is -1.50. The lowest BCUT2D eigenvalue weighted by Gasteiger charge is -2.39. The Labute approximate surface area is 149 Å². The number of sulfonamides is 1. The molecular formula is C19H25N3O2S. The van der Waals surface area contributed by atoms with E-state index in [0.717, 1.165) is 18.2 Å². The highest BCUT2D eigenvalue weighted by atomic mass is 32.2. The van der Waals surface area contributed by atoms with Crippen molar-refractivity contribution in [2.45, 2.75) is 43.0 Å². The molecule has 0 bridgehead atoms. The van der Waals surface area contributed by atoms with Gasteiger partial charge in [-0.2, -0.15) is 4.31 Å². The molecule has 4 rings (SSSR count). The smallest absolute Gasteiger partial charge is 0.245 e. The van der Waals surface area contributed by atoms with Crippen LogP contribution < -0.4 is 0 Å². The second-order valence-electron chi connectivity index (χ2n) is 7.06. The molecule has 0 N–H and O–H groups in total. The minimum atomic E-state index is -3.49. The van der Waals surface area contributed by atoms with E-state index in [1.165, 1.54) is 32.4 Å². The number of aromatic nitrogens is 1. The molecule has 0 saturated carbocycles. The van der Waals surface area contributed by atoms with Crippen LogP contribution in [-0.4, -0.2) is 54.8 Å². The van der Waals surface area contributed by atoms with Crippen molar-refractivity contribution in [1.82, 2.24) is 14.2 Å². The maximum atomic E-state index is 13.2. The summed E-state index contributed by atoms with van der Waals surface area (Å²) in [7, 11) is -3.49. The Morgan fingerprint density at radius 1 is 0.920 bits per heavy atom. The summed E-state index contributed by atoms with van der Waals surface area (Å²) in [4.78, 5) is 7.21. The number of piperidine rings is 2. The summed E-state index contributed by atoms with van der Waals surface area (Å²) in [5, 5.41) is 0.867. The molecule has 0 atom stereocenters. The van der Waals surface area contributed by atoms with Crippen molar-refractivity contribution in [3.8, 4) is 0 Å². The number of para-hydroxylation sites is 1. The number of fused-ring (bicyclic) bond motifs is 1. The van der Waals surface area contributed by atoms with E-state index in [1.54, 1.807) is 22.6 Å². The molecule has 6 heteroatoms. The zero-order chi connectivity index (χ0) is 17.3. The Balaban J connectivity index is 1.53. The number of pyridine rings is 1. The van der Waals surface area contributed by atoms with Crippen LogP contribution in [0, 0.1) is 0 Å². The van der Waals surface area contributed by atoms with Crippen LogP contribution >= 0.6 is 0 Å². The van der Waals surface area contributed by atoms with Gasteiger partial charge in [0.15, 0.2) is 0 Å². The van der Waals surface area contributed by atoms with Crippen molar-refractivity contribution in [2.24, 2.45) is 0 Å². The fourth-order valence-corrected chi connectivity index (χ4v) is 5.79. The van der Waals surface area contributed by atoms with E-state index in [1.807, 2.05) is 18.2 Å². The Kier molecular flexibility index (Phi) is 4.75. The second kappa shape index (κ2) is 7.02. The van der Waals surface area contributed by atoms with E-state index in [0.29, 0.717) is 29.5 Å². The van der Waals surface area contributed by atoms with E-state index in [-0.39, 0.29) is 0 Å². The van der Waals surface area contributed by atoms with Crippen molar-refractivity contribution in [1.29, 1.82) is 0 Å². The van der Waals surface area contributed by atoms with E-state index in [4.69, 9.17) is 0 Å². The molecular weight excluding hydrogens is 334 g/mol. The molecule has 2 aliphatic heterocycles. The van der Waals surface area contributed by atoms with Gasteiger partial charge in [0.05, 0.1) is 5.52 Å². The van der Waals surface area contributed by atoms with Gasteiger partial charge < -0.3 is 4.90 Å². The molecule has 2 saturated heterocycles. The topological polar surface area (TPSA) is 53.5 Å². The molecule has 0 radical (unpaired) electrons. The number of hydrogen-bond donors (Lipinski definition) is 0. The van der Waals surface area contributed by atoms with Crippen LogP contribution in [0.2, 0.25) is 0 Å². The molecule has 0 aliphatic carbocycles. The molecule has 0 spiro atoms. The lowest BCUT2D eigenvalue weighted by Crippen LogP contribution is -2.48. The lowest BCUT2D eigenvalue weighted by atomic mass is 10.0. The molecule has 0 amide bonds. The highest BCUT2D eigenvalue weighted by Crippen LogP contribution is 2.28. The van der Waals surface area contributed by atoms with E-state index in [2.05, 4.69) is 9.88 Å². The summed E-state index contributed by atoms with van der Waals surface area (Å²) in [6.45, 7) is 3.55. The van der Waals surface area contributed by atoms with Crippen LogP contribution in [0.1, 0.15) is 32.1 Å². The van der Waals surface area contributed by atoms with Crippen LogP contribution in [0.5, 0.6) is 0 Å². The van der Waals surface area contributed by atoms with Gasteiger partial charge in [0.1, 0.15) is 4.90 Å². The first-order valence-corrected chi connectivity index (χ1v) is 10.7. The molecule has 1 aromatic carbocycles. The third-order valence-electron chi connectivity index (χ3n) is 5.54. The van der Waals surface area contributed by atoms with Crippen molar-refractivity contribution < 1.29 is 8.42 Å². The van der Waals surface area contributed by atoms with Crippen LogP contribution in [0.15, 0.2) is 41.4 Å². The van der Waals surface area contributed by atoms with Crippen molar-refractivity contribution >= 4 is 20.9 Å². The standard InChI is InChI=1S/C19H25N3O2S/c23-25(24,18-8-4-6-16-7-5-11-20-19(16)18)22-14-9-17(10-15-22)21-12-2-1-3-13-21/h4-8,11,17H,1-3,9-10,12-15H2. The Morgan fingerprint density at radius 3 is 2.40 bits per heavy atom. The monoisotopic (exact) mass is 359 g/mol. The van der Waals surface area contributed by atoms with Gasteiger partial charge in [0, 0.05) is 30.7 Å². The van der Waals surface area contributed by atoms with E-state index >= 15 is 0 Å². The average Bonchev–Trinajstić information content (AvgIpc) is 2.68. The SMILES string of the molecule is O=S(=O)(c1cccc2cccnc12)N1CCC(N2CCCCC2)CC1. The molecule has 5 nitrogen and oxygen atoms in total. The quantitative estimate of drug-likeness (QED) is 0.846. The minimum absolute atomic E-state index is 0.335. The molecule has 2 aromatic rings. The summed E-state index contributed by atoms with van der Waals surface area (Å²) in [5.41, 5.74) is 0.572. The van der Waals surface area contributed by atoms with Crippen LogP contribution in [-0.2, 0) is 10.0 Å². The molecule has 134 valence electrons. The summed E-state index contributed by atoms with van der Waals surface area (Å²) in [5.74, 6) is 0. The van der Waals surface area contributed by atoms with Crippen LogP contribution in [0.25, 0.3) is 10.9 Å². The Bertz CT molecular complexity index is 833. The first-order valence-electron chi connectivity index (χ1n) is 9.24. The minimum Gasteiger partial charge on any atom is -0.300 e. The third kappa shape index (κ3) is 3.30. The molecule has 25 heavy (non-hydrogen) atoms. The van der Waals surface area contributed by atoms with Gasteiger partial charge in [-0.3, -0.25) is 4.98 Å². The van der Waals surface area contributed by atoms with Gasteiger partial charge in [-0.05, 0) is 50.9 Å². The van der Waals surface area contributed by atoms with Gasteiger partial charge in [0.2, 0.25) is 10.0 Å². The second-order valence-corrected chi connectivity index (χ2v) is 8.97. The highest BCUT2D eigenvalue weighted by Gasteiger charge is 2.33. The lowest BCUT2D eigenvalue weighted by molar-refractivity contribution is 0.118. The van der Waals surface area contributed by atoms with E-state index < -0.39 is 10.0 Å². The first-order chi connectivity index (χ1) is 12.2. The van der Waals surface area contributed by atoms with E-state index in [9.17, 15) is 8.42 Å². The summed E-state index contributed by atoms with van der Waals surface area (Å²) < 4.78 is 28.0. The summed E-state index contributed by atoms with van der Waals surface area (Å²) in [6, 6.07) is 9.67. The molecule has 0 unspecified atom stereocenters. The van der Waals surface area contributed by atoms with Crippen molar-refractivity contribution in [2.75, 3.05) is 26.2 Å². The summed E-state index contributed by atoms with van der Waals surface area (Å²) in [6.07, 6.45) is 7.40. The molecule has 2 aliphatic rings. The number of likely N-dealkylation sites (tertiary alicyclic amines) is 1. The zero-order valence-electron chi connectivity index (χ0n) is 14.5. The third-order valence-corrected chi connectivity index (χ3v) is 7.47. The number of benzene rings is 1.